The number of ether oxygens (including phenoxy) is 1. The first-order valence-electron chi connectivity index (χ1n) is 4.45. The van der Waals surface area contributed by atoms with Gasteiger partial charge in [0.15, 0.2) is 0 Å². The zero-order chi connectivity index (χ0) is 10.4. The molecule has 1 aromatic heterocycles. The van der Waals surface area contributed by atoms with Crippen molar-refractivity contribution in [1.82, 2.24) is 10.3 Å². The summed E-state index contributed by atoms with van der Waals surface area (Å²) in [5.41, 5.74) is 1.00. The second-order valence-corrected chi connectivity index (χ2v) is 2.92. The molecule has 0 aliphatic heterocycles. The van der Waals surface area contributed by atoms with Crippen LogP contribution in [0.3, 0.4) is 0 Å². The minimum absolute atomic E-state index is 0.0205. The number of hydrogen-bond acceptors (Lipinski definition) is 3. The van der Waals surface area contributed by atoms with Crippen molar-refractivity contribution in [1.29, 1.82) is 0 Å². The minimum atomic E-state index is -0.0205. The lowest BCUT2D eigenvalue weighted by Crippen LogP contribution is -2.22. The van der Waals surface area contributed by atoms with Crippen LogP contribution in [0.1, 0.15) is 12.5 Å². The lowest BCUT2D eigenvalue weighted by Gasteiger charge is -2.07. The van der Waals surface area contributed by atoms with Crippen LogP contribution in [-0.4, -0.2) is 24.5 Å². The lowest BCUT2D eigenvalue weighted by atomic mass is 10.2. The molecular weight excluding hydrogens is 180 g/mol. The zero-order valence-corrected chi connectivity index (χ0v) is 8.41. The van der Waals surface area contributed by atoms with E-state index in [9.17, 15) is 4.79 Å². The molecular formula is C10H14N2O2. The number of nitrogens with one attached hydrogen (secondary N) is 1. The van der Waals surface area contributed by atoms with E-state index in [0.29, 0.717) is 6.54 Å². The summed E-state index contributed by atoms with van der Waals surface area (Å²) in [6, 6.07) is 1.81. The Morgan fingerprint density at radius 2 is 2.43 bits per heavy atom. The van der Waals surface area contributed by atoms with Gasteiger partial charge in [0.1, 0.15) is 5.75 Å². The molecule has 0 radical (unpaired) electrons. The minimum Gasteiger partial charge on any atom is -0.496 e. The number of pyridine rings is 1. The molecule has 0 saturated heterocycles. The summed E-state index contributed by atoms with van der Waals surface area (Å²) in [6.07, 6.45) is 4.16. The predicted octanol–water partition coefficient (Wildman–Crippen LogP) is 0.769. The van der Waals surface area contributed by atoms with Gasteiger partial charge in [-0.25, -0.2) is 0 Å². The molecule has 4 nitrogen and oxygen atoms in total. The van der Waals surface area contributed by atoms with E-state index < -0.39 is 0 Å². The van der Waals surface area contributed by atoms with Gasteiger partial charge < -0.3 is 10.1 Å². The maximum Gasteiger partial charge on any atom is 0.216 e. The molecule has 76 valence electrons. The van der Waals surface area contributed by atoms with Gasteiger partial charge >= 0.3 is 0 Å². The first-order valence-corrected chi connectivity index (χ1v) is 4.45. The lowest BCUT2D eigenvalue weighted by molar-refractivity contribution is -0.118. The summed E-state index contributed by atoms with van der Waals surface area (Å²) >= 11 is 0. The highest BCUT2D eigenvalue weighted by molar-refractivity contribution is 5.72. The standard InChI is InChI=1S/C10H14N2O2/c1-8(13)12-6-3-9-7-11-5-4-10(9)14-2/h4-5,7H,3,6H2,1-2H3,(H,12,13). The largest absolute Gasteiger partial charge is 0.496 e. The van der Waals surface area contributed by atoms with Crippen molar-refractivity contribution in [3.8, 4) is 5.75 Å². The normalized spacial score (nSPS) is 9.57. The number of carbonyl (C=O) groups excluding carboxylic acids is 1. The average Bonchev–Trinajstić information content (AvgIpc) is 2.18. The van der Waals surface area contributed by atoms with Crippen molar-refractivity contribution in [2.75, 3.05) is 13.7 Å². The molecule has 0 atom stereocenters. The Morgan fingerprint density at radius 1 is 1.64 bits per heavy atom. The molecule has 0 unspecified atom stereocenters. The highest BCUT2D eigenvalue weighted by Crippen LogP contribution is 2.15. The summed E-state index contributed by atoms with van der Waals surface area (Å²) in [6.45, 7) is 2.11. The number of amides is 1. The Labute approximate surface area is 83.3 Å². The highest BCUT2D eigenvalue weighted by atomic mass is 16.5. The Kier molecular flexibility index (Phi) is 3.91. The number of nitrogens with zero attached hydrogens (tertiary/aromatic N) is 1. The van der Waals surface area contributed by atoms with Crippen LogP contribution in [0.15, 0.2) is 18.5 Å². The van der Waals surface area contributed by atoms with Gasteiger partial charge in [-0.3, -0.25) is 9.78 Å². The van der Waals surface area contributed by atoms with Gasteiger partial charge in [0, 0.05) is 31.4 Å². The van der Waals surface area contributed by atoms with E-state index in [2.05, 4.69) is 10.3 Å². The van der Waals surface area contributed by atoms with E-state index in [4.69, 9.17) is 4.74 Å². The second-order valence-electron chi connectivity index (χ2n) is 2.92. The Bertz CT molecular complexity index is 313. The maximum absolute atomic E-state index is 10.6. The van der Waals surface area contributed by atoms with Crippen molar-refractivity contribution in [3.05, 3.63) is 24.0 Å². The quantitative estimate of drug-likeness (QED) is 0.770. The number of hydrogen-bond donors (Lipinski definition) is 1. The van der Waals surface area contributed by atoms with E-state index >= 15 is 0 Å². The molecule has 0 aliphatic carbocycles. The smallest absolute Gasteiger partial charge is 0.216 e. The second kappa shape index (κ2) is 5.21. The van der Waals surface area contributed by atoms with Crippen molar-refractivity contribution in [2.45, 2.75) is 13.3 Å². The maximum atomic E-state index is 10.6. The highest BCUT2D eigenvalue weighted by Gasteiger charge is 2.01. The zero-order valence-electron chi connectivity index (χ0n) is 8.41. The molecule has 1 amide bonds. The molecule has 0 fully saturated rings. The molecule has 4 heteroatoms. The Balaban J connectivity index is 2.53. The third-order valence-corrected chi connectivity index (χ3v) is 1.85. The van der Waals surface area contributed by atoms with Crippen molar-refractivity contribution < 1.29 is 9.53 Å². The number of aromatic nitrogens is 1. The van der Waals surface area contributed by atoms with Gasteiger partial charge in [0.25, 0.3) is 0 Å². The third kappa shape index (κ3) is 3.05. The van der Waals surface area contributed by atoms with E-state index in [1.165, 1.54) is 6.92 Å². The molecule has 0 saturated carbocycles. The van der Waals surface area contributed by atoms with E-state index in [0.717, 1.165) is 17.7 Å². The molecule has 1 rings (SSSR count). The summed E-state index contributed by atoms with van der Waals surface area (Å²) < 4.78 is 5.15. The van der Waals surface area contributed by atoms with E-state index in [1.807, 2.05) is 6.07 Å². The van der Waals surface area contributed by atoms with Crippen LogP contribution in [0.5, 0.6) is 5.75 Å². The Morgan fingerprint density at radius 3 is 3.07 bits per heavy atom. The third-order valence-electron chi connectivity index (χ3n) is 1.85. The molecule has 1 aromatic rings. The van der Waals surface area contributed by atoms with Crippen molar-refractivity contribution >= 4 is 5.91 Å². The first kappa shape index (κ1) is 10.5. The van der Waals surface area contributed by atoms with Crippen molar-refractivity contribution in [3.63, 3.8) is 0 Å². The molecule has 0 bridgehead atoms. The summed E-state index contributed by atoms with van der Waals surface area (Å²) in [7, 11) is 1.62. The molecule has 1 N–H and O–H groups in total. The fourth-order valence-corrected chi connectivity index (χ4v) is 1.17. The van der Waals surface area contributed by atoms with E-state index in [-0.39, 0.29) is 5.91 Å². The SMILES string of the molecule is COc1ccncc1CCNC(C)=O. The molecule has 1 heterocycles. The van der Waals surface area contributed by atoms with Crippen LogP contribution in [-0.2, 0) is 11.2 Å². The van der Waals surface area contributed by atoms with Gasteiger partial charge in [-0.2, -0.15) is 0 Å². The van der Waals surface area contributed by atoms with E-state index in [1.54, 1.807) is 19.5 Å². The van der Waals surface area contributed by atoms with Gasteiger partial charge in [-0.1, -0.05) is 0 Å². The molecule has 0 spiro atoms. The number of rotatable bonds is 4. The fraction of sp³-hybridized carbons (Fsp3) is 0.400. The van der Waals surface area contributed by atoms with Crippen LogP contribution in [0, 0.1) is 0 Å². The van der Waals surface area contributed by atoms with Crippen LogP contribution >= 0.6 is 0 Å². The predicted molar refractivity (Wildman–Crippen MR) is 53.2 cm³/mol. The molecule has 14 heavy (non-hydrogen) atoms. The summed E-state index contributed by atoms with van der Waals surface area (Å²) in [5, 5.41) is 2.72. The van der Waals surface area contributed by atoms with Gasteiger partial charge in [0.2, 0.25) is 5.91 Å². The fourth-order valence-electron chi connectivity index (χ4n) is 1.17. The van der Waals surface area contributed by atoms with Gasteiger partial charge in [0.05, 0.1) is 7.11 Å². The first-order chi connectivity index (χ1) is 6.74. The van der Waals surface area contributed by atoms with Crippen LogP contribution < -0.4 is 10.1 Å². The Hall–Kier alpha value is -1.58. The summed E-state index contributed by atoms with van der Waals surface area (Å²) in [4.78, 5) is 14.6. The van der Waals surface area contributed by atoms with Crippen molar-refractivity contribution in [2.24, 2.45) is 0 Å². The monoisotopic (exact) mass is 194 g/mol. The van der Waals surface area contributed by atoms with Crippen LogP contribution in [0.2, 0.25) is 0 Å². The van der Waals surface area contributed by atoms with Crippen LogP contribution in [0.25, 0.3) is 0 Å². The topological polar surface area (TPSA) is 51.2 Å². The molecule has 0 aliphatic rings. The number of methoxy groups -OCH3 is 1. The average molecular weight is 194 g/mol. The molecule has 0 aromatic carbocycles. The van der Waals surface area contributed by atoms with Gasteiger partial charge in [-0.15, -0.1) is 0 Å². The number of carbonyl (C=O) groups is 1. The van der Waals surface area contributed by atoms with Gasteiger partial charge in [-0.05, 0) is 12.5 Å². The van der Waals surface area contributed by atoms with Crippen LogP contribution in [0.4, 0.5) is 0 Å². The summed E-state index contributed by atoms with van der Waals surface area (Å²) in [5.74, 6) is 0.790.